The third-order valence-electron chi connectivity index (χ3n) is 1.81. The number of quaternary nitrogens is 1. The molecule has 0 aromatic carbocycles. The molecule has 2 rings (SSSR count). The zero-order chi connectivity index (χ0) is 4.74. The second kappa shape index (κ2) is 0.850. The number of hydrogen-bond acceptors (Lipinski definition) is 0. The van der Waals surface area contributed by atoms with Gasteiger partial charge in [0.15, 0.2) is 0 Å². The van der Waals surface area contributed by atoms with Crippen LogP contribution in [0.2, 0.25) is 0 Å². The van der Waals surface area contributed by atoms with Gasteiger partial charge in [0.25, 0.3) is 0 Å². The lowest BCUT2D eigenvalue weighted by Gasteiger charge is -2.04. The van der Waals surface area contributed by atoms with Gasteiger partial charge in [0.05, 0.1) is 0 Å². The molecule has 0 aromatic heterocycles. The molecule has 7 heavy (non-hydrogen) atoms. The normalized spacial score (nSPS) is 29.7. The van der Waals surface area contributed by atoms with Gasteiger partial charge in [-0.3, -0.25) is 4.48 Å². The molecule has 2 aliphatic heterocycles. The molecule has 2 heterocycles. The smallest absolute Gasteiger partial charge is 0.142 e. The molecule has 0 amide bonds. The van der Waals surface area contributed by atoms with E-state index in [9.17, 15) is 0 Å². The largest absolute Gasteiger partial charge is 0.294 e. The van der Waals surface area contributed by atoms with Crippen LogP contribution in [0.3, 0.4) is 0 Å². The Labute approximate surface area is 43.5 Å². The zero-order valence-corrected chi connectivity index (χ0v) is 4.28. The molecule has 0 unspecified atom stereocenters. The molecule has 1 nitrogen and oxygen atoms in total. The molecule has 1 fully saturated rings. The summed E-state index contributed by atoms with van der Waals surface area (Å²) < 4.78 is 1.28. The van der Waals surface area contributed by atoms with E-state index < -0.39 is 0 Å². The van der Waals surface area contributed by atoms with E-state index in [1.54, 1.807) is 0 Å². The van der Waals surface area contributed by atoms with E-state index in [1.165, 1.54) is 17.6 Å². The minimum Gasteiger partial charge on any atom is -0.294 e. The van der Waals surface area contributed by atoms with Crippen LogP contribution in [0.5, 0.6) is 0 Å². The minimum absolute atomic E-state index is 1.14. The van der Waals surface area contributed by atoms with Gasteiger partial charge < -0.3 is 0 Å². The molecule has 1 heteroatoms. The average Bonchev–Trinajstić information content (AvgIpc) is 2.15. The highest BCUT2D eigenvalue weighted by molar-refractivity contribution is 5.06. The Balaban J connectivity index is 2.17. The van der Waals surface area contributed by atoms with Gasteiger partial charge in [0, 0.05) is 0 Å². The van der Waals surface area contributed by atoms with Crippen molar-refractivity contribution in [2.75, 3.05) is 26.2 Å². The molecule has 0 radical (unpaired) electrons. The van der Waals surface area contributed by atoms with E-state index in [2.05, 4.69) is 11.8 Å². The average molecular weight is 94.1 g/mol. The topological polar surface area (TPSA) is 0 Å². The molecule has 0 atom stereocenters. The number of rotatable bonds is 0. The van der Waals surface area contributed by atoms with Gasteiger partial charge in [0.2, 0.25) is 0 Å². The minimum atomic E-state index is 1.14. The summed E-state index contributed by atoms with van der Waals surface area (Å²) in [5.41, 5.74) is 0. The molecule has 0 N–H and O–H groups in total. The molecule has 0 aromatic rings. The Morgan fingerprint density at radius 3 is 1.86 bits per heavy atom. The Morgan fingerprint density at radius 1 is 1.00 bits per heavy atom. The molecule has 0 saturated carbocycles. The first-order valence-electron chi connectivity index (χ1n) is 2.72. The summed E-state index contributed by atoms with van der Waals surface area (Å²) in [7, 11) is 0. The standard InChI is InChI=1S/C6H8N/c1-2-4-7(3-1)5-6-7/h3-6H2/q+1. The van der Waals surface area contributed by atoms with Crippen LogP contribution in [-0.4, -0.2) is 30.7 Å². The van der Waals surface area contributed by atoms with Gasteiger partial charge in [-0.2, -0.15) is 0 Å². The monoisotopic (exact) mass is 94.1 g/mol. The van der Waals surface area contributed by atoms with E-state index in [0.717, 1.165) is 13.1 Å². The van der Waals surface area contributed by atoms with Crippen LogP contribution < -0.4 is 0 Å². The number of hydrogen-bond donors (Lipinski definition) is 0. The van der Waals surface area contributed by atoms with Crippen LogP contribution in [0.1, 0.15) is 0 Å². The van der Waals surface area contributed by atoms with E-state index in [1.807, 2.05) is 0 Å². The maximum absolute atomic E-state index is 3.10. The third-order valence-corrected chi connectivity index (χ3v) is 1.81. The maximum atomic E-state index is 3.10. The molecule has 0 bridgehead atoms. The van der Waals surface area contributed by atoms with Crippen LogP contribution in [0.25, 0.3) is 0 Å². The summed E-state index contributed by atoms with van der Waals surface area (Å²) in [4.78, 5) is 0. The van der Waals surface area contributed by atoms with Gasteiger partial charge in [0.1, 0.15) is 26.2 Å². The molecule has 0 aliphatic carbocycles. The summed E-state index contributed by atoms with van der Waals surface area (Å²) in [6.45, 7) is 5.03. The summed E-state index contributed by atoms with van der Waals surface area (Å²) in [5.74, 6) is 6.19. The lowest BCUT2D eigenvalue weighted by Crippen LogP contribution is -2.21. The van der Waals surface area contributed by atoms with Crippen molar-refractivity contribution in [3.05, 3.63) is 0 Å². The van der Waals surface area contributed by atoms with Gasteiger partial charge in [-0.05, 0) is 11.8 Å². The fraction of sp³-hybridized carbons (Fsp3) is 0.667. The van der Waals surface area contributed by atoms with Crippen LogP contribution in [0.15, 0.2) is 0 Å². The van der Waals surface area contributed by atoms with E-state index in [0.29, 0.717) is 0 Å². The molecular weight excluding hydrogens is 86.1 g/mol. The van der Waals surface area contributed by atoms with Crippen LogP contribution in [0.4, 0.5) is 0 Å². The zero-order valence-electron chi connectivity index (χ0n) is 4.28. The maximum Gasteiger partial charge on any atom is 0.142 e. The van der Waals surface area contributed by atoms with Crippen molar-refractivity contribution in [2.24, 2.45) is 0 Å². The van der Waals surface area contributed by atoms with E-state index >= 15 is 0 Å². The van der Waals surface area contributed by atoms with Crippen molar-refractivity contribution >= 4 is 0 Å². The quantitative estimate of drug-likeness (QED) is 0.222. The molecular formula is C6H8N+. The van der Waals surface area contributed by atoms with Crippen molar-refractivity contribution in [1.29, 1.82) is 0 Å². The van der Waals surface area contributed by atoms with Gasteiger partial charge in [-0.15, -0.1) is 0 Å². The van der Waals surface area contributed by atoms with Gasteiger partial charge in [-0.1, -0.05) is 0 Å². The summed E-state index contributed by atoms with van der Waals surface area (Å²) in [6, 6.07) is 0. The second-order valence-electron chi connectivity index (χ2n) is 2.46. The van der Waals surface area contributed by atoms with Crippen molar-refractivity contribution in [3.8, 4) is 11.8 Å². The van der Waals surface area contributed by atoms with Crippen LogP contribution in [0, 0.1) is 11.8 Å². The van der Waals surface area contributed by atoms with Crippen LogP contribution >= 0.6 is 0 Å². The van der Waals surface area contributed by atoms with Crippen molar-refractivity contribution < 1.29 is 4.48 Å². The second-order valence-corrected chi connectivity index (χ2v) is 2.46. The lowest BCUT2D eigenvalue weighted by molar-refractivity contribution is -0.779. The first kappa shape index (κ1) is 3.51. The highest BCUT2D eigenvalue weighted by Crippen LogP contribution is 2.20. The van der Waals surface area contributed by atoms with Gasteiger partial charge in [-0.25, -0.2) is 0 Å². The fourth-order valence-electron chi connectivity index (χ4n) is 0.961. The predicted octanol–water partition coefficient (Wildman–Crippen LogP) is -0.166. The van der Waals surface area contributed by atoms with Crippen molar-refractivity contribution in [1.82, 2.24) is 0 Å². The van der Waals surface area contributed by atoms with Crippen molar-refractivity contribution in [2.45, 2.75) is 0 Å². The third kappa shape index (κ3) is 0.374. The Morgan fingerprint density at radius 2 is 1.57 bits per heavy atom. The highest BCUT2D eigenvalue weighted by Gasteiger charge is 2.42. The lowest BCUT2D eigenvalue weighted by atomic mass is 10.7. The molecule has 1 spiro atoms. The predicted molar refractivity (Wildman–Crippen MR) is 27.5 cm³/mol. The van der Waals surface area contributed by atoms with Gasteiger partial charge >= 0.3 is 0 Å². The van der Waals surface area contributed by atoms with Crippen molar-refractivity contribution in [3.63, 3.8) is 0 Å². The number of nitrogens with zero attached hydrogens (tertiary/aromatic N) is 1. The first-order chi connectivity index (χ1) is 3.41. The Hall–Kier alpha value is -0.480. The van der Waals surface area contributed by atoms with Crippen LogP contribution in [-0.2, 0) is 0 Å². The molecule has 2 aliphatic rings. The molecule has 1 saturated heterocycles. The summed E-state index contributed by atoms with van der Waals surface area (Å²) >= 11 is 0. The fourth-order valence-corrected chi connectivity index (χ4v) is 0.961. The van der Waals surface area contributed by atoms with E-state index in [-0.39, 0.29) is 0 Å². The molecule has 36 valence electrons. The Kier molecular flexibility index (Phi) is 0.426. The SMILES string of the molecule is C1#CC[N+]2(C1)CC2. The van der Waals surface area contributed by atoms with E-state index in [4.69, 9.17) is 0 Å². The summed E-state index contributed by atoms with van der Waals surface area (Å²) in [6.07, 6.45) is 0. The highest BCUT2D eigenvalue weighted by atomic mass is 15.5. The Bertz CT molecular complexity index is 133. The first-order valence-corrected chi connectivity index (χ1v) is 2.72. The summed E-state index contributed by atoms with van der Waals surface area (Å²) in [5, 5.41) is 0.